The number of nitrogens with two attached hydrogens (primary N) is 1. The highest BCUT2D eigenvalue weighted by Gasteiger charge is 2.30. The van der Waals surface area contributed by atoms with E-state index in [1.54, 1.807) is 22.7 Å². The van der Waals surface area contributed by atoms with Gasteiger partial charge in [-0.2, -0.15) is 4.89 Å². The van der Waals surface area contributed by atoms with E-state index in [4.69, 9.17) is 15.5 Å². The summed E-state index contributed by atoms with van der Waals surface area (Å²) < 4.78 is 0. The molecule has 0 bridgehead atoms. The molecule has 0 aliphatic heterocycles. The lowest BCUT2D eigenvalue weighted by Crippen LogP contribution is -2.39. The zero-order chi connectivity index (χ0) is 18.4. The molecule has 0 saturated heterocycles. The van der Waals surface area contributed by atoms with Gasteiger partial charge >= 0.3 is 5.97 Å². The van der Waals surface area contributed by atoms with Gasteiger partial charge in [0.05, 0.1) is 0 Å². The quantitative estimate of drug-likeness (QED) is 0.547. The van der Waals surface area contributed by atoms with Gasteiger partial charge in [0, 0.05) is 28.9 Å². The molecule has 0 aromatic carbocycles. The minimum absolute atomic E-state index is 0.0196. The molecule has 1 aliphatic carbocycles. The van der Waals surface area contributed by atoms with Crippen LogP contribution in [0.2, 0.25) is 0 Å². The fraction of sp³-hybridized carbons (Fsp3) is 0.526. The van der Waals surface area contributed by atoms with Gasteiger partial charge in [0.2, 0.25) is 0 Å². The van der Waals surface area contributed by atoms with Crippen LogP contribution in [0.3, 0.4) is 0 Å². The normalized spacial score (nSPS) is 20.6. The van der Waals surface area contributed by atoms with Crippen molar-refractivity contribution in [1.82, 2.24) is 4.90 Å². The summed E-state index contributed by atoms with van der Waals surface area (Å²) >= 11 is 3.12. The number of nitrogens with zero attached hydrogens (tertiary/aromatic N) is 1. The standard InChI is InChI=1S/C19H26N2O3S2/c1-21(11-10-20)14-6-8-15(9-7-14)23-24-19(22)18(16-4-2-12-25-16)17-5-3-13-26-17/h2-5,12-15,18H,6-11,20H2,1H3. The molecule has 0 amide bonds. The molecule has 2 N–H and O–H groups in total. The highest BCUT2D eigenvalue weighted by molar-refractivity contribution is 7.11. The Morgan fingerprint density at radius 2 is 1.81 bits per heavy atom. The minimum Gasteiger partial charge on any atom is -0.329 e. The Labute approximate surface area is 162 Å². The lowest BCUT2D eigenvalue weighted by atomic mass is 9.92. The zero-order valence-corrected chi connectivity index (χ0v) is 16.6. The molecule has 26 heavy (non-hydrogen) atoms. The molecule has 0 radical (unpaired) electrons. The molecule has 7 heteroatoms. The summed E-state index contributed by atoms with van der Waals surface area (Å²) in [5.41, 5.74) is 5.63. The second kappa shape index (κ2) is 9.62. The third-order valence-electron chi connectivity index (χ3n) is 4.91. The number of rotatable bonds is 8. The molecule has 2 aromatic heterocycles. The smallest absolute Gasteiger partial charge is 0.329 e. The molecule has 2 aromatic rings. The van der Waals surface area contributed by atoms with Crippen molar-refractivity contribution in [2.24, 2.45) is 5.73 Å². The third-order valence-corrected chi connectivity index (χ3v) is 6.78. The maximum atomic E-state index is 12.7. The number of carbonyl (C=O) groups is 1. The van der Waals surface area contributed by atoms with Crippen molar-refractivity contribution >= 4 is 28.6 Å². The molecule has 1 saturated carbocycles. The van der Waals surface area contributed by atoms with E-state index >= 15 is 0 Å². The molecule has 1 aliphatic rings. The molecule has 0 atom stereocenters. The van der Waals surface area contributed by atoms with Gasteiger partial charge in [-0.25, -0.2) is 4.79 Å². The number of hydrogen-bond donors (Lipinski definition) is 1. The number of likely N-dealkylation sites (N-methyl/N-ethyl adjacent to an activating group) is 1. The SMILES string of the molecule is CN(CCN)C1CCC(OOC(=O)C(c2cccs2)c2cccs2)CC1. The summed E-state index contributed by atoms with van der Waals surface area (Å²) in [6, 6.07) is 8.38. The number of hydrogen-bond acceptors (Lipinski definition) is 7. The van der Waals surface area contributed by atoms with Crippen molar-refractivity contribution < 1.29 is 14.6 Å². The Balaban J connectivity index is 1.52. The Morgan fingerprint density at radius 1 is 1.19 bits per heavy atom. The molecule has 1 fully saturated rings. The molecular weight excluding hydrogens is 368 g/mol. The Kier molecular flexibility index (Phi) is 7.22. The van der Waals surface area contributed by atoms with Crippen molar-refractivity contribution in [2.45, 2.75) is 43.7 Å². The van der Waals surface area contributed by atoms with E-state index in [0.717, 1.165) is 42.0 Å². The summed E-state index contributed by atoms with van der Waals surface area (Å²) in [5, 5.41) is 3.95. The van der Waals surface area contributed by atoms with Crippen molar-refractivity contribution in [3.05, 3.63) is 44.8 Å². The Morgan fingerprint density at radius 3 is 2.31 bits per heavy atom. The van der Waals surface area contributed by atoms with E-state index in [0.29, 0.717) is 12.6 Å². The fourth-order valence-corrected chi connectivity index (χ4v) is 5.15. The van der Waals surface area contributed by atoms with Crippen molar-refractivity contribution in [2.75, 3.05) is 20.1 Å². The molecule has 0 spiro atoms. The molecule has 2 heterocycles. The van der Waals surface area contributed by atoms with Crippen LogP contribution >= 0.6 is 22.7 Å². The van der Waals surface area contributed by atoms with Gasteiger partial charge < -0.3 is 10.6 Å². The van der Waals surface area contributed by atoms with Crippen LogP contribution < -0.4 is 5.73 Å². The van der Waals surface area contributed by atoms with Crippen molar-refractivity contribution in [1.29, 1.82) is 0 Å². The maximum Gasteiger partial charge on any atom is 0.355 e. The summed E-state index contributed by atoms with van der Waals surface area (Å²) in [7, 11) is 2.12. The lowest BCUT2D eigenvalue weighted by molar-refractivity contribution is -0.303. The average Bonchev–Trinajstić information content (AvgIpc) is 3.35. The number of carbonyl (C=O) groups excluding carboxylic acids is 1. The third kappa shape index (κ3) is 4.92. The van der Waals surface area contributed by atoms with Crippen LogP contribution in [0.5, 0.6) is 0 Å². The van der Waals surface area contributed by atoms with Crippen LogP contribution in [0, 0.1) is 0 Å². The highest BCUT2D eigenvalue weighted by Crippen LogP contribution is 2.33. The average molecular weight is 395 g/mol. The topological polar surface area (TPSA) is 64.8 Å². The molecule has 3 rings (SSSR count). The summed E-state index contributed by atoms with van der Waals surface area (Å²) in [6.45, 7) is 1.59. The second-order valence-corrected chi connectivity index (χ2v) is 8.62. The van der Waals surface area contributed by atoms with Gasteiger partial charge in [-0.3, -0.25) is 4.89 Å². The first-order valence-electron chi connectivity index (χ1n) is 9.03. The highest BCUT2D eigenvalue weighted by atomic mass is 32.1. The van der Waals surface area contributed by atoms with Crippen LogP contribution in [0.4, 0.5) is 0 Å². The second-order valence-electron chi connectivity index (χ2n) is 6.66. The first kappa shape index (κ1) is 19.5. The van der Waals surface area contributed by atoms with Crippen LogP contribution in [-0.2, 0) is 14.6 Å². The van der Waals surface area contributed by atoms with Gasteiger partial charge in [0.15, 0.2) is 0 Å². The van der Waals surface area contributed by atoms with Gasteiger partial charge in [0.25, 0.3) is 0 Å². The van der Waals surface area contributed by atoms with E-state index in [9.17, 15) is 4.79 Å². The van der Waals surface area contributed by atoms with E-state index < -0.39 is 5.92 Å². The van der Waals surface area contributed by atoms with E-state index in [-0.39, 0.29) is 12.1 Å². The van der Waals surface area contributed by atoms with Crippen LogP contribution in [0.15, 0.2) is 35.0 Å². The van der Waals surface area contributed by atoms with Crippen molar-refractivity contribution in [3.63, 3.8) is 0 Å². The maximum absolute atomic E-state index is 12.7. The molecule has 0 unspecified atom stereocenters. The van der Waals surface area contributed by atoms with E-state index in [1.165, 1.54) is 0 Å². The minimum atomic E-state index is -0.401. The Bertz CT molecular complexity index is 618. The lowest BCUT2D eigenvalue weighted by Gasteiger charge is -2.33. The number of thiophene rings is 2. The first-order chi connectivity index (χ1) is 12.7. The predicted molar refractivity (Wildman–Crippen MR) is 105 cm³/mol. The van der Waals surface area contributed by atoms with E-state index in [2.05, 4.69) is 11.9 Å². The predicted octanol–water partition coefficient (Wildman–Crippen LogP) is 3.62. The first-order valence-corrected chi connectivity index (χ1v) is 10.8. The van der Waals surface area contributed by atoms with Gasteiger partial charge in [-0.05, 0) is 55.6 Å². The van der Waals surface area contributed by atoms with Gasteiger partial charge in [0.1, 0.15) is 12.0 Å². The summed E-state index contributed by atoms with van der Waals surface area (Å²) in [4.78, 5) is 27.8. The zero-order valence-electron chi connectivity index (χ0n) is 15.0. The molecule has 142 valence electrons. The largest absolute Gasteiger partial charge is 0.355 e. The summed E-state index contributed by atoms with van der Waals surface area (Å²) in [5.74, 6) is -0.737. The van der Waals surface area contributed by atoms with Crippen LogP contribution in [-0.4, -0.2) is 43.2 Å². The Hall–Kier alpha value is -1.25. The fourth-order valence-electron chi connectivity index (χ4n) is 3.42. The molecule has 5 nitrogen and oxygen atoms in total. The van der Waals surface area contributed by atoms with Crippen molar-refractivity contribution in [3.8, 4) is 0 Å². The van der Waals surface area contributed by atoms with Gasteiger partial charge in [-0.15, -0.1) is 22.7 Å². The van der Waals surface area contributed by atoms with Crippen LogP contribution in [0.1, 0.15) is 41.4 Å². The van der Waals surface area contributed by atoms with E-state index in [1.807, 2.05) is 35.0 Å². The molecular formula is C19H26N2O3S2. The van der Waals surface area contributed by atoms with Gasteiger partial charge in [-0.1, -0.05) is 12.1 Å². The monoisotopic (exact) mass is 394 g/mol. The van der Waals surface area contributed by atoms with Crippen LogP contribution in [0.25, 0.3) is 0 Å². The summed E-state index contributed by atoms with van der Waals surface area (Å²) in [6.07, 6.45) is 3.86.